The highest BCUT2D eigenvalue weighted by molar-refractivity contribution is 7.98. The van der Waals surface area contributed by atoms with Crippen molar-refractivity contribution >= 4 is 59.1 Å². The van der Waals surface area contributed by atoms with E-state index in [1.807, 2.05) is 92.4 Å². The standard InChI is InChI=1S/C16H15ClN2.C13H19ClN4S2.C2H6/c1-19-11-15(12-5-3-2-4-6-12)16(18-19)13-7-9-14(17)10-8-13;14-12-1-3-13(4-2-12)20-17-11-16-7-10-19-18-8-5-15-6-9-18;1-2/h2-10,15H,11H2,1H3;1-4,11,15H,5-10H2,(H,16,17);1-2H3. The second-order valence-corrected chi connectivity index (χ2v) is 12.0. The van der Waals surface area contributed by atoms with Crippen LogP contribution in [0.1, 0.15) is 30.9 Å². The molecule has 3 aromatic carbocycles. The second kappa shape index (κ2) is 19.1. The minimum Gasteiger partial charge on any atom is -0.317 e. The summed E-state index contributed by atoms with van der Waals surface area (Å²) in [6, 6.07) is 26.2. The van der Waals surface area contributed by atoms with E-state index in [4.69, 9.17) is 23.2 Å². The van der Waals surface area contributed by atoms with Gasteiger partial charge < -0.3 is 10.0 Å². The molecule has 41 heavy (non-hydrogen) atoms. The van der Waals surface area contributed by atoms with E-state index in [-0.39, 0.29) is 0 Å². The molecule has 2 N–H and O–H groups in total. The summed E-state index contributed by atoms with van der Waals surface area (Å²) < 4.78 is 5.51. The number of rotatable bonds is 9. The van der Waals surface area contributed by atoms with Crippen molar-refractivity contribution in [3.05, 3.63) is 100 Å². The fraction of sp³-hybridized carbons (Fsp3) is 0.355. The van der Waals surface area contributed by atoms with Gasteiger partial charge in [0.1, 0.15) is 0 Å². The number of halogens is 2. The molecule has 0 spiro atoms. The summed E-state index contributed by atoms with van der Waals surface area (Å²) in [5, 5.41) is 11.5. The van der Waals surface area contributed by atoms with E-state index in [0.717, 1.165) is 71.2 Å². The molecule has 0 radical (unpaired) electrons. The maximum atomic E-state index is 5.95. The number of piperazine rings is 1. The fourth-order valence-corrected chi connectivity index (χ4v) is 5.84. The number of nitrogens with zero attached hydrogens (tertiary/aromatic N) is 4. The van der Waals surface area contributed by atoms with Gasteiger partial charge in [-0.25, -0.2) is 4.31 Å². The smallest absolute Gasteiger partial charge is 0.0925 e. The predicted molar refractivity (Wildman–Crippen MR) is 182 cm³/mol. The van der Waals surface area contributed by atoms with Gasteiger partial charge in [0.2, 0.25) is 0 Å². The van der Waals surface area contributed by atoms with Crippen molar-refractivity contribution in [3.63, 3.8) is 0 Å². The van der Waals surface area contributed by atoms with Gasteiger partial charge >= 0.3 is 0 Å². The Morgan fingerprint density at radius 1 is 0.951 bits per heavy atom. The minimum atomic E-state index is 0.326. The first-order chi connectivity index (χ1) is 20.1. The van der Waals surface area contributed by atoms with E-state index in [9.17, 15) is 0 Å². The second-order valence-electron chi connectivity index (χ2n) is 9.02. The van der Waals surface area contributed by atoms with Crippen LogP contribution in [0, 0.1) is 0 Å². The first-order valence-electron chi connectivity index (χ1n) is 13.9. The quantitative estimate of drug-likeness (QED) is 0.112. The average Bonchev–Trinajstić information content (AvgIpc) is 3.42. The molecule has 2 aliphatic rings. The highest BCUT2D eigenvalue weighted by Crippen LogP contribution is 2.28. The SMILES string of the molecule is CC.CN1CC(c2ccccc2)C(c2ccc(Cl)cc2)=N1.Clc1ccc(SNC=NCCSN2CCNCC2)cc1. The Labute approximate surface area is 264 Å². The molecular formula is C31H40Cl2N6S2. The van der Waals surface area contributed by atoms with Crippen LogP contribution in [0.2, 0.25) is 10.0 Å². The molecule has 0 amide bonds. The van der Waals surface area contributed by atoms with Crippen LogP contribution in [0.4, 0.5) is 0 Å². The largest absolute Gasteiger partial charge is 0.317 e. The Balaban J connectivity index is 0.000000213. The normalized spacial score (nSPS) is 16.9. The van der Waals surface area contributed by atoms with Gasteiger partial charge in [-0.2, -0.15) is 5.10 Å². The Morgan fingerprint density at radius 2 is 1.59 bits per heavy atom. The summed E-state index contributed by atoms with van der Waals surface area (Å²) in [4.78, 5) is 5.46. The summed E-state index contributed by atoms with van der Waals surface area (Å²) >= 11 is 15.2. The molecule has 5 rings (SSSR count). The molecule has 1 fully saturated rings. The molecule has 220 valence electrons. The zero-order valence-corrected chi connectivity index (χ0v) is 27.1. The molecule has 1 atom stereocenters. The molecule has 0 saturated carbocycles. The van der Waals surface area contributed by atoms with Crippen LogP contribution in [0.25, 0.3) is 0 Å². The first kappa shape index (κ1) is 33.3. The summed E-state index contributed by atoms with van der Waals surface area (Å²) in [6.45, 7) is 10.2. The Morgan fingerprint density at radius 3 is 2.24 bits per heavy atom. The van der Waals surface area contributed by atoms with E-state index < -0.39 is 0 Å². The molecule has 0 aliphatic carbocycles. The Kier molecular flexibility index (Phi) is 15.5. The predicted octanol–water partition coefficient (Wildman–Crippen LogP) is 7.32. The van der Waals surface area contributed by atoms with Gasteiger partial charge in [-0.15, -0.1) is 0 Å². The molecule has 2 heterocycles. The first-order valence-corrected chi connectivity index (χ1v) is 16.5. The Bertz CT molecular complexity index is 1190. The van der Waals surface area contributed by atoms with E-state index in [2.05, 4.69) is 48.7 Å². The van der Waals surface area contributed by atoms with Gasteiger partial charge in [0.15, 0.2) is 0 Å². The molecule has 1 unspecified atom stereocenters. The van der Waals surface area contributed by atoms with Crippen LogP contribution in [0.15, 0.2) is 93.9 Å². The molecule has 6 nitrogen and oxygen atoms in total. The lowest BCUT2D eigenvalue weighted by atomic mass is 9.91. The lowest BCUT2D eigenvalue weighted by Gasteiger charge is -2.25. The molecule has 1 saturated heterocycles. The summed E-state index contributed by atoms with van der Waals surface area (Å²) in [7, 11) is 2.01. The van der Waals surface area contributed by atoms with Gasteiger partial charge in [-0.1, -0.05) is 91.5 Å². The number of benzene rings is 3. The van der Waals surface area contributed by atoms with Crippen LogP contribution in [-0.4, -0.2) is 73.4 Å². The van der Waals surface area contributed by atoms with Crippen LogP contribution in [0.5, 0.6) is 0 Å². The lowest BCUT2D eigenvalue weighted by molar-refractivity contribution is 0.381. The van der Waals surface area contributed by atoms with Crippen molar-refractivity contribution in [2.45, 2.75) is 24.7 Å². The van der Waals surface area contributed by atoms with E-state index >= 15 is 0 Å². The van der Waals surface area contributed by atoms with E-state index in [1.165, 1.54) is 17.5 Å². The molecular weight excluding hydrogens is 591 g/mol. The molecule has 3 aromatic rings. The van der Waals surface area contributed by atoms with Gasteiger partial charge in [0.05, 0.1) is 18.6 Å². The van der Waals surface area contributed by atoms with Gasteiger partial charge in [-0.05, 0) is 59.5 Å². The summed E-state index contributed by atoms with van der Waals surface area (Å²) in [6.07, 6.45) is 1.76. The summed E-state index contributed by atoms with van der Waals surface area (Å²) in [5.74, 6) is 1.36. The van der Waals surface area contributed by atoms with Crippen LogP contribution < -0.4 is 10.0 Å². The fourth-order valence-electron chi connectivity index (χ4n) is 4.17. The van der Waals surface area contributed by atoms with Gasteiger partial charge in [0, 0.05) is 66.4 Å². The topological polar surface area (TPSA) is 55.3 Å². The minimum absolute atomic E-state index is 0.326. The Hall–Kier alpha value is -2.20. The van der Waals surface area contributed by atoms with E-state index in [0.29, 0.717) is 5.92 Å². The highest BCUT2D eigenvalue weighted by Gasteiger charge is 2.27. The van der Waals surface area contributed by atoms with Crippen molar-refractivity contribution in [3.8, 4) is 0 Å². The third-order valence-electron chi connectivity index (χ3n) is 6.10. The van der Waals surface area contributed by atoms with E-state index in [1.54, 1.807) is 6.34 Å². The van der Waals surface area contributed by atoms with Crippen molar-refractivity contribution in [1.82, 2.24) is 19.4 Å². The number of hydrogen-bond donors (Lipinski definition) is 2. The van der Waals surface area contributed by atoms with Crippen LogP contribution >= 0.6 is 47.1 Å². The van der Waals surface area contributed by atoms with Crippen LogP contribution in [0.3, 0.4) is 0 Å². The number of hydrogen-bond acceptors (Lipinski definition) is 7. The van der Waals surface area contributed by atoms with Crippen molar-refractivity contribution < 1.29 is 0 Å². The van der Waals surface area contributed by atoms with Gasteiger partial charge in [0.25, 0.3) is 0 Å². The zero-order valence-electron chi connectivity index (χ0n) is 24.0. The highest BCUT2D eigenvalue weighted by atomic mass is 35.5. The number of hydrazone groups is 1. The van der Waals surface area contributed by atoms with Crippen molar-refractivity contribution in [2.75, 3.05) is 52.1 Å². The van der Waals surface area contributed by atoms with Crippen LogP contribution in [-0.2, 0) is 0 Å². The maximum absolute atomic E-state index is 5.95. The monoisotopic (exact) mass is 630 g/mol. The zero-order chi connectivity index (χ0) is 29.3. The molecule has 10 heteroatoms. The maximum Gasteiger partial charge on any atom is 0.0925 e. The van der Waals surface area contributed by atoms with Crippen molar-refractivity contribution in [2.24, 2.45) is 10.1 Å². The molecule has 2 aliphatic heterocycles. The summed E-state index contributed by atoms with van der Waals surface area (Å²) in [5.41, 5.74) is 3.56. The average molecular weight is 632 g/mol. The van der Waals surface area contributed by atoms with Crippen molar-refractivity contribution in [1.29, 1.82) is 0 Å². The number of aliphatic imine (C=N–C) groups is 1. The molecule has 0 aromatic heterocycles. The third kappa shape index (κ3) is 11.9. The number of nitrogens with one attached hydrogen (secondary N) is 2. The third-order valence-corrected chi connectivity index (χ3v) is 8.43. The number of likely N-dealkylation sites (N-methyl/N-ethyl adjacent to an activating group) is 1. The molecule has 0 bridgehead atoms. The lowest BCUT2D eigenvalue weighted by Crippen LogP contribution is -2.40. The van der Waals surface area contributed by atoms with Gasteiger partial charge in [-0.3, -0.25) is 10.0 Å².